The SMILES string of the molecule is CCn1nc(C)cc1NC(=O)Cn1cnc2c(NCC3CCCC3)nc(N)nc21. The van der Waals surface area contributed by atoms with Gasteiger partial charge in [0.05, 0.1) is 12.0 Å². The lowest BCUT2D eigenvalue weighted by atomic mass is 10.1. The molecule has 154 valence electrons. The number of nitrogens with zero attached hydrogens (tertiary/aromatic N) is 6. The van der Waals surface area contributed by atoms with Gasteiger partial charge in [0.2, 0.25) is 11.9 Å². The predicted octanol–water partition coefficient (Wildman–Crippen LogP) is 2.17. The number of aryl methyl sites for hydroxylation is 2. The number of fused-ring (bicyclic) bond motifs is 1. The van der Waals surface area contributed by atoms with Gasteiger partial charge in [-0.1, -0.05) is 12.8 Å². The third-order valence-electron chi connectivity index (χ3n) is 5.30. The molecule has 1 amide bonds. The van der Waals surface area contributed by atoms with E-state index in [2.05, 4.69) is 30.7 Å². The van der Waals surface area contributed by atoms with E-state index >= 15 is 0 Å². The molecule has 4 N–H and O–H groups in total. The van der Waals surface area contributed by atoms with E-state index in [-0.39, 0.29) is 18.4 Å². The summed E-state index contributed by atoms with van der Waals surface area (Å²) in [6, 6.07) is 1.85. The van der Waals surface area contributed by atoms with E-state index in [0.717, 1.165) is 12.2 Å². The maximum atomic E-state index is 12.6. The van der Waals surface area contributed by atoms with E-state index in [1.807, 2.05) is 19.9 Å². The lowest BCUT2D eigenvalue weighted by Gasteiger charge is -2.12. The van der Waals surface area contributed by atoms with Gasteiger partial charge in [0.15, 0.2) is 17.0 Å². The standard InChI is InChI=1S/C19H27N9O/c1-3-28-14(8-12(2)26-28)23-15(29)10-27-11-22-16-17(24-19(20)25-18(16)27)21-9-13-6-4-5-7-13/h8,11,13H,3-7,9-10H2,1-2H3,(H,23,29)(H3,20,21,24,25). The van der Waals surface area contributed by atoms with Crippen LogP contribution in [0.15, 0.2) is 12.4 Å². The molecule has 1 saturated carbocycles. The fourth-order valence-corrected chi connectivity index (χ4v) is 3.88. The monoisotopic (exact) mass is 397 g/mol. The summed E-state index contributed by atoms with van der Waals surface area (Å²) in [5.74, 6) is 1.93. The summed E-state index contributed by atoms with van der Waals surface area (Å²) in [4.78, 5) is 25.6. The second-order valence-corrected chi connectivity index (χ2v) is 7.54. The minimum Gasteiger partial charge on any atom is -0.368 e. The second kappa shape index (κ2) is 8.06. The molecule has 0 bridgehead atoms. The Morgan fingerprint density at radius 3 is 2.86 bits per heavy atom. The maximum absolute atomic E-state index is 12.6. The normalized spacial score (nSPS) is 14.6. The molecule has 0 aromatic carbocycles. The smallest absolute Gasteiger partial charge is 0.245 e. The molecule has 0 saturated heterocycles. The summed E-state index contributed by atoms with van der Waals surface area (Å²) < 4.78 is 3.44. The van der Waals surface area contributed by atoms with E-state index in [1.165, 1.54) is 25.7 Å². The van der Waals surface area contributed by atoms with Gasteiger partial charge in [0.25, 0.3) is 0 Å². The van der Waals surface area contributed by atoms with Crippen LogP contribution in [0.1, 0.15) is 38.3 Å². The average Bonchev–Trinajstić information content (AvgIpc) is 3.41. The van der Waals surface area contributed by atoms with E-state index in [0.29, 0.717) is 35.3 Å². The molecule has 0 unspecified atom stereocenters. The van der Waals surface area contributed by atoms with Crippen LogP contribution in [0.5, 0.6) is 0 Å². The topological polar surface area (TPSA) is 129 Å². The molecule has 0 radical (unpaired) electrons. The first-order valence-corrected chi connectivity index (χ1v) is 10.1. The molecule has 1 aliphatic carbocycles. The van der Waals surface area contributed by atoms with Crippen molar-refractivity contribution in [3.8, 4) is 0 Å². The summed E-state index contributed by atoms with van der Waals surface area (Å²) in [6.45, 7) is 5.47. The lowest BCUT2D eigenvalue weighted by molar-refractivity contribution is -0.116. The van der Waals surface area contributed by atoms with Crippen molar-refractivity contribution in [1.82, 2.24) is 29.3 Å². The van der Waals surface area contributed by atoms with Gasteiger partial charge in [-0.2, -0.15) is 15.1 Å². The van der Waals surface area contributed by atoms with E-state index in [1.54, 1.807) is 15.6 Å². The minimum atomic E-state index is -0.184. The van der Waals surface area contributed by atoms with Crippen LogP contribution in [0.3, 0.4) is 0 Å². The minimum absolute atomic E-state index is 0.0724. The predicted molar refractivity (Wildman–Crippen MR) is 111 cm³/mol. The van der Waals surface area contributed by atoms with Crippen molar-refractivity contribution in [2.45, 2.75) is 52.6 Å². The summed E-state index contributed by atoms with van der Waals surface area (Å²) in [7, 11) is 0. The number of carbonyl (C=O) groups is 1. The van der Waals surface area contributed by atoms with Gasteiger partial charge in [0.1, 0.15) is 12.4 Å². The molecule has 3 aromatic heterocycles. The van der Waals surface area contributed by atoms with Gasteiger partial charge >= 0.3 is 0 Å². The number of carbonyl (C=O) groups excluding carboxylic acids is 1. The Bertz CT molecular complexity index is 1020. The van der Waals surface area contributed by atoms with Crippen molar-refractivity contribution < 1.29 is 4.79 Å². The zero-order valence-corrected chi connectivity index (χ0v) is 16.9. The molecular weight excluding hydrogens is 370 g/mol. The first kappa shape index (κ1) is 19.2. The Balaban J connectivity index is 1.51. The molecule has 10 nitrogen and oxygen atoms in total. The van der Waals surface area contributed by atoms with E-state index in [4.69, 9.17) is 5.73 Å². The Morgan fingerprint density at radius 2 is 2.10 bits per heavy atom. The van der Waals surface area contributed by atoms with Crippen LogP contribution < -0.4 is 16.4 Å². The number of nitrogen functional groups attached to an aromatic ring is 1. The van der Waals surface area contributed by atoms with Gasteiger partial charge in [0, 0.05) is 19.2 Å². The average molecular weight is 397 g/mol. The van der Waals surface area contributed by atoms with Crippen LogP contribution in [0.4, 0.5) is 17.6 Å². The lowest BCUT2D eigenvalue weighted by Crippen LogP contribution is -2.20. The van der Waals surface area contributed by atoms with Gasteiger partial charge in [-0.05, 0) is 32.6 Å². The zero-order valence-electron chi connectivity index (χ0n) is 16.9. The number of rotatable bonds is 7. The van der Waals surface area contributed by atoms with Crippen LogP contribution in [-0.4, -0.2) is 41.8 Å². The molecular formula is C19H27N9O. The number of nitrogens with one attached hydrogen (secondary N) is 2. The fourth-order valence-electron chi connectivity index (χ4n) is 3.88. The molecule has 10 heteroatoms. The third-order valence-corrected chi connectivity index (χ3v) is 5.30. The van der Waals surface area contributed by atoms with Crippen molar-refractivity contribution in [2.75, 3.05) is 22.9 Å². The first-order valence-electron chi connectivity index (χ1n) is 10.1. The molecule has 29 heavy (non-hydrogen) atoms. The van der Waals surface area contributed by atoms with Gasteiger partial charge in [-0.25, -0.2) is 9.67 Å². The zero-order chi connectivity index (χ0) is 20.4. The van der Waals surface area contributed by atoms with Crippen molar-refractivity contribution in [3.63, 3.8) is 0 Å². The maximum Gasteiger partial charge on any atom is 0.245 e. The van der Waals surface area contributed by atoms with Crippen molar-refractivity contribution in [3.05, 3.63) is 18.1 Å². The quantitative estimate of drug-likeness (QED) is 0.557. The van der Waals surface area contributed by atoms with Crippen LogP contribution in [0.25, 0.3) is 11.2 Å². The highest BCUT2D eigenvalue weighted by molar-refractivity contribution is 5.91. The molecule has 3 aromatic rings. The molecule has 4 rings (SSSR count). The highest BCUT2D eigenvalue weighted by Crippen LogP contribution is 2.26. The number of hydrogen-bond donors (Lipinski definition) is 3. The highest BCUT2D eigenvalue weighted by Gasteiger charge is 2.18. The number of nitrogens with two attached hydrogens (primary N) is 1. The summed E-state index contributed by atoms with van der Waals surface area (Å²) in [5, 5.41) is 10.6. The largest absolute Gasteiger partial charge is 0.368 e. The van der Waals surface area contributed by atoms with Gasteiger partial charge in [-0.3, -0.25) is 4.79 Å². The van der Waals surface area contributed by atoms with Crippen molar-refractivity contribution in [1.29, 1.82) is 0 Å². The Morgan fingerprint density at radius 1 is 1.31 bits per heavy atom. The molecule has 3 heterocycles. The van der Waals surface area contributed by atoms with Crippen LogP contribution in [0.2, 0.25) is 0 Å². The number of aromatic nitrogens is 6. The van der Waals surface area contributed by atoms with Crippen LogP contribution >= 0.6 is 0 Å². The number of amides is 1. The third kappa shape index (κ3) is 4.15. The number of anilines is 3. The van der Waals surface area contributed by atoms with Gasteiger partial charge < -0.3 is 20.9 Å². The van der Waals surface area contributed by atoms with Gasteiger partial charge in [-0.15, -0.1) is 0 Å². The highest BCUT2D eigenvalue weighted by atomic mass is 16.2. The summed E-state index contributed by atoms with van der Waals surface area (Å²) >= 11 is 0. The van der Waals surface area contributed by atoms with Crippen molar-refractivity contribution in [2.24, 2.45) is 5.92 Å². The summed E-state index contributed by atoms with van der Waals surface area (Å²) in [6.07, 6.45) is 6.64. The molecule has 1 fully saturated rings. The number of hydrogen-bond acceptors (Lipinski definition) is 7. The Hall–Kier alpha value is -3.17. The molecule has 1 aliphatic rings. The van der Waals surface area contributed by atoms with E-state index in [9.17, 15) is 4.79 Å². The Kier molecular flexibility index (Phi) is 5.32. The van der Waals surface area contributed by atoms with Crippen LogP contribution in [0, 0.1) is 12.8 Å². The summed E-state index contributed by atoms with van der Waals surface area (Å²) in [5.41, 5.74) is 7.94. The Labute approximate surface area is 168 Å². The first-order chi connectivity index (χ1) is 14.0. The second-order valence-electron chi connectivity index (χ2n) is 7.54. The van der Waals surface area contributed by atoms with Crippen molar-refractivity contribution >= 4 is 34.7 Å². The fraction of sp³-hybridized carbons (Fsp3) is 0.526. The molecule has 0 atom stereocenters. The van der Waals surface area contributed by atoms with Crippen LogP contribution in [-0.2, 0) is 17.9 Å². The molecule has 0 spiro atoms. The molecule has 0 aliphatic heterocycles. The number of imidazole rings is 1. The van der Waals surface area contributed by atoms with E-state index < -0.39 is 0 Å².